The Hall–Kier alpha value is -1.36. The summed E-state index contributed by atoms with van der Waals surface area (Å²) in [6.07, 6.45) is 2.44. The first-order valence-corrected chi connectivity index (χ1v) is 7.73. The average molecular weight is 288 g/mol. The third-order valence-corrected chi connectivity index (χ3v) is 4.39. The molecule has 2 aromatic rings. The summed E-state index contributed by atoms with van der Waals surface area (Å²) >= 11 is 0. The highest BCUT2D eigenvalue weighted by atomic mass is 16.5. The number of rotatable bonds is 5. The van der Waals surface area contributed by atoms with E-state index in [-0.39, 0.29) is 6.04 Å². The van der Waals surface area contributed by atoms with Crippen LogP contribution in [-0.4, -0.2) is 38.3 Å². The topological polar surface area (TPSA) is 51.6 Å². The summed E-state index contributed by atoms with van der Waals surface area (Å²) in [6.45, 7) is 3.53. The first kappa shape index (κ1) is 14.6. The van der Waals surface area contributed by atoms with E-state index in [1.807, 2.05) is 18.2 Å². The third kappa shape index (κ3) is 3.12. The van der Waals surface area contributed by atoms with Crippen molar-refractivity contribution < 1.29 is 9.15 Å². The molecule has 0 amide bonds. The maximum atomic E-state index is 6.04. The first-order valence-electron chi connectivity index (χ1n) is 7.73. The first-order chi connectivity index (χ1) is 10.3. The number of piperidine rings is 1. The van der Waals surface area contributed by atoms with E-state index in [0.29, 0.717) is 12.5 Å². The number of nitrogens with zero attached hydrogens (tertiary/aromatic N) is 1. The molecule has 1 fully saturated rings. The quantitative estimate of drug-likeness (QED) is 0.919. The SMILES string of the molecule is COCC1CCCN(C(CN)c2cc3ccccc3o2)C1. The molecular formula is C17H24N2O2. The largest absolute Gasteiger partial charge is 0.459 e. The number of nitrogens with two attached hydrogens (primary N) is 1. The molecule has 0 saturated carbocycles. The van der Waals surface area contributed by atoms with Gasteiger partial charge < -0.3 is 14.9 Å². The standard InChI is InChI=1S/C17H24N2O2/c1-20-12-13-5-4-8-19(11-13)15(10-18)17-9-14-6-2-3-7-16(14)21-17/h2-3,6-7,9,13,15H,4-5,8,10-12,18H2,1H3. The summed E-state index contributed by atoms with van der Waals surface area (Å²) in [7, 11) is 1.78. The zero-order valence-corrected chi connectivity index (χ0v) is 12.6. The van der Waals surface area contributed by atoms with Gasteiger partial charge in [-0.15, -0.1) is 0 Å². The van der Waals surface area contributed by atoms with E-state index in [1.165, 1.54) is 12.8 Å². The Kier molecular flexibility index (Phi) is 4.58. The molecular weight excluding hydrogens is 264 g/mol. The molecule has 1 saturated heterocycles. The van der Waals surface area contributed by atoms with Crippen LogP contribution in [0.5, 0.6) is 0 Å². The van der Waals surface area contributed by atoms with Crippen molar-refractivity contribution in [3.8, 4) is 0 Å². The number of fused-ring (bicyclic) bond motifs is 1. The molecule has 0 bridgehead atoms. The minimum Gasteiger partial charge on any atom is -0.459 e. The Bertz CT molecular complexity index is 546. The van der Waals surface area contributed by atoms with E-state index < -0.39 is 0 Å². The Morgan fingerprint density at radius 1 is 1.43 bits per heavy atom. The summed E-state index contributed by atoms with van der Waals surface area (Å²) < 4.78 is 11.3. The number of hydrogen-bond acceptors (Lipinski definition) is 4. The van der Waals surface area contributed by atoms with Gasteiger partial charge >= 0.3 is 0 Å². The highest BCUT2D eigenvalue weighted by Gasteiger charge is 2.28. The third-order valence-electron chi connectivity index (χ3n) is 4.39. The van der Waals surface area contributed by atoms with Crippen molar-refractivity contribution in [3.63, 3.8) is 0 Å². The van der Waals surface area contributed by atoms with Gasteiger partial charge in [0.1, 0.15) is 11.3 Å². The summed E-state index contributed by atoms with van der Waals surface area (Å²) in [5.41, 5.74) is 6.99. The number of furan rings is 1. The van der Waals surface area contributed by atoms with Crippen molar-refractivity contribution in [2.75, 3.05) is 33.4 Å². The highest BCUT2D eigenvalue weighted by molar-refractivity contribution is 5.77. The number of benzene rings is 1. The summed E-state index contributed by atoms with van der Waals surface area (Å²) in [5.74, 6) is 1.58. The van der Waals surface area contributed by atoms with Crippen LogP contribution in [0.25, 0.3) is 11.0 Å². The molecule has 0 aliphatic carbocycles. The maximum absolute atomic E-state index is 6.04. The zero-order chi connectivity index (χ0) is 14.7. The zero-order valence-electron chi connectivity index (χ0n) is 12.6. The van der Waals surface area contributed by atoms with E-state index >= 15 is 0 Å². The number of ether oxygens (including phenoxy) is 1. The predicted molar refractivity (Wildman–Crippen MR) is 84.2 cm³/mol. The molecule has 4 heteroatoms. The minimum absolute atomic E-state index is 0.164. The van der Waals surface area contributed by atoms with Crippen LogP contribution in [0.1, 0.15) is 24.6 Å². The molecule has 0 spiro atoms. The average Bonchev–Trinajstić information content (AvgIpc) is 2.92. The minimum atomic E-state index is 0.164. The Balaban J connectivity index is 1.80. The molecule has 0 radical (unpaired) electrons. The smallest absolute Gasteiger partial charge is 0.134 e. The van der Waals surface area contributed by atoms with Crippen LogP contribution < -0.4 is 5.73 Å². The second-order valence-electron chi connectivity index (χ2n) is 5.90. The van der Waals surface area contributed by atoms with Crippen LogP contribution >= 0.6 is 0 Å². The van der Waals surface area contributed by atoms with Gasteiger partial charge in [0.25, 0.3) is 0 Å². The van der Waals surface area contributed by atoms with Crippen LogP contribution in [0.3, 0.4) is 0 Å². The van der Waals surface area contributed by atoms with E-state index in [2.05, 4.69) is 17.0 Å². The van der Waals surface area contributed by atoms with Crippen LogP contribution in [0.2, 0.25) is 0 Å². The monoisotopic (exact) mass is 288 g/mol. The van der Waals surface area contributed by atoms with Crippen molar-refractivity contribution in [1.82, 2.24) is 4.90 Å². The van der Waals surface area contributed by atoms with Gasteiger partial charge in [-0.1, -0.05) is 18.2 Å². The van der Waals surface area contributed by atoms with E-state index in [9.17, 15) is 0 Å². The fourth-order valence-corrected chi connectivity index (χ4v) is 3.36. The molecule has 2 atom stereocenters. The molecule has 1 aromatic heterocycles. The second-order valence-corrected chi connectivity index (χ2v) is 5.90. The van der Waals surface area contributed by atoms with Crippen LogP contribution in [0.15, 0.2) is 34.7 Å². The van der Waals surface area contributed by atoms with Crippen molar-refractivity contribution in [1.29, 1.82) is 0 Å². The number of hydrogen-bond donors (Lipinski definition) is 1. The van der Waals surface area contributed by atoms with Crippen LogP contribution in [0, 0.1) is 5.92 Å². The number of para-hydroxylation sites is 1. The van der Waals surface area contributed by atoms with Gasteiger partial charge in [-0.25, -0.2) is 0 Å². The highest BCUT2D eigenvalue weighted by Crippen LogP contribution is 2.30. The molecule has 2 heterocycles. The Morgan fingerprint density at radius 2 is 2.29 bits per heavy atom. The molecule has 2 unspecified atom stereocenters. The van der Waals surface area contributed by atoms with E-state index in [4.69, 9.17) is 14.9 Å². The van der Waals surface area contributed by atoms with Gasteiger partial charge in [0.05, 0.1) is 12.6 Å². The van der Waals surface area contributed by atoms with Gasteiger partial charge in [0.15, 0.2) is 0 Å². The van der Waals surface area contributed by atoms with Crippen LogP contribution in [-0.2, 0) is 4.74 Å². The van der Waals surface area contributed by atoms with E-state index in [0.717, 1.165) is 36.4 Å². The molecule has 1 aliphatic rings. The maximum Gasteiger partial charge on any atom is 0.134 e. The molecule has 3 rings (SSSR count). The Labute approximate surface area is 125 Å². The molecule has 2 N–H and O–H groups in total. The van der Waals surface area contributed by atoms with Gasteiger partial charge in [-0.2, -0.15) is 0 Å². The molecule has 114 valence electrons. The van der Waals surface area contributed by atoms with Crippen molar-refractivity contribution in [3.05, 3.63) is 36.1 Å². The predicted octanol–water partition coefficient (Wildman–Crippen LogP) is 2.79. The molecule has 1 aromatic carbocycles. The summed E-state index contributed by atoms with van der Waals surface area (Å²) in [4.78, 5) is 2.45. The molecule has 1 aliphatic heterocycles. The lowest BCUT2D eigenvalue weighted by molar-refractivity contribution is 0.0644. The van der Waals surface area contributed by atoms with Crippen LogP contribution in [0.4, 0.5) is 0 Å². The normalized spacial score (nSPS) is 21.7. The lowest BCUT2D eigenvalue weighted by atomic mass is 9.97. The van der Waals surface area contributed by atoms with Gasteiger partial charge in [0, 0.05) is 25.6 Å². The fraction of sp³-hybridized carbons (Fsp3) is 0.529. The van der Waals surface area contributed by atoms with Crippen molar-refractivity contribution >= 4 is 11.0 Å². The fourth-order valence-electron chi connectivity index (χ4n) is 3.36. The van der Waals surface area contributed by atoms with Crippen molar-refractivity contribution in [2.24, 2.45) is 11.7 Å². The number of likely N-dealkylation sites (tertiary alicyclic amines) is 1. The lowest BCUT2D eigenvalue weighted by Crippen LogP contribution is -2.42. The van der Waals surface area contributed by atoms with Gasteiger partial charge in [0.2, 0.25) is 0 Å². The second kappa shape index (κ2) is 6.60. The number of methoxy groups -OCH3 is 1. The molecule has 21 heavy (non-hydrogen) atoms. The Morgan fingerprint density at radius 3 is 3.05 bits per heavy atom. The van der Waals surface area contributed by atoms with E-state index in [1.54, 1.807) is 7.11 Å². The van der Waals surface area contributed by atoms with Gasteiger partial charge in [-0.05, 0) is 37.4 Å². The van der Waals surface area contributed by atoms with Crippen molar-refractivity contribution in [2.45, 2.75) is 18.9 Å². The summed E-state index contributed by atoms with van der Waals surface area (Å²) in [6, 6.07) is 10.4. The van der Waals surface area contributed by atoms with Gasteiger partial charge in [-0.3, -0.25) is 4.90 Å². The molecule has 4 nitrogen and oxygen atoms in total. The summed E-state index contributed by atoms with van der Waals surface area (Å²) in [5, 5.41) is 1.15. The lowest BCUT2D eigenvalue weighted by Gasteiger charge is -2.36.